The van der Waals surface area contributed by atoms with Crippen LogP contribution in [0.25, 0.3) is 0 Å². The van der Waals surface area contributed by atoms with Gasteiger partial charge in [-0.05, 0) is 55.0 Å². The Labute approximate surface area is 83.9 Å². The molecule has 70 valence electrons. The predicted molar refractivity (Wildman–Crippen MR) is 56.1 cm³/mol. The van der Waals surface area contributed by atoms with E-state index < -0.39 is 0 Å². The van der Waals surface area contributed by atoms with E-state index >= 15 is 0 Å². The minimum absolute atomic E-state index is 0.196. The zero-order valence-electron chi connectivity index (χ0n) is 7.81. The summed E-state index contributed by atoms with van der Waals surface area (Å²) in [5.41, 5.74) is 9.99. The molecule has 1 aliphatic carbocycles. The van der Waals surface area contributed by atoms with Crippen LogP contribution in [-0.2, 0) is 6.42 Å². The van der Waals surface area contributed by atoms with E-state index in [1.54, 1.807) is 0 Å². The molecule has 0 spiro atoms. The Morgan fingerprint density at radius 1 is 1.46 bits per heavy atom. The van der Waals surface area contributed by atoms with Gasteiger partial charge in [0.25, 0.3) is 0 Å². The second kappa shape index (κ2) is 3.32. The van der Waals surface area contributed by atoms with Crippen LogP contribution in [0.2, 0.25) is 5.02 Å². The zero-order valence-corrected chi connectivity index (χ0v) is 8.56. The summed E-state index contributed by atoms with van der Waals surface area (Å²) in [7, 11) is 0. The molecule has 2 N–H and O–H groups in total. The van der Waals surface area contributed by atoms with E-state index in [0.717, 1.165) is 17.9 Å². The number of rotatable bonds is 0. The van der Waals surface area contributed by atoms with Crippen LogP contribution >= 0.6 is 11.6 Å². The van der Waals surface area contributed by atoms with Gasteiger partial charge in [0.15, 0.2) is 0 Å². The molecule has 0 unspecified atom stereocenters. The lowest BCUT2D eigenvalue weighted by Crippen LogP contribution is -2.18. The summed E-state index contributed by atoms with van der Waals surface area (Å²) in [6, 6.07) is 4.24. The molecular formula is C11H14ClN. The van der Waals surface area contributed by atoms with Crippen LogP contribution < -0.4 is 5.73 Å². The summed E-state index contributed by atoms with van der Waals surface area (Å²) in [6.45, 7) is 2.11. The Balaban J connectivity index is 2.56. The number of nitrogens with two attached hydrogens (primary N) is 1. The molecule has 1 atom stereocenters. The highest BCUT2D eigenvalue weighted by Crippen LogP contribution is 2.32. The van der Waals surface area contributed by atoms with E-state index in [1.165, 1.54) is 23.1 Å². The maximum Gasteiger partial charge on any atom is 0.0412 e. The van der Waals surface area contributed by atoms with Crippen molar-refractivity contribution in [2.75, 3.05) is 0 Å². The molecule has 1 aliphatic rings. The van der Waals surface area contributed by atoms with Crippen LogP contribution in [0.15, 0.2) is 12.1 Å². The SMILES string of the molecule is Cc1cc(Cl)cc2c1CCC[C@@H]2N. The third kappa shape index (κ3) is 1.59. The van der Waals surface area contributed by atoms with Crippen LogP contribution in [0.4, 0.5) is 0 Å². The van der Waals surface area contributed by atoms with E-state index in [-0.39, 0.29) is 6.04 Å². The monoisotopic (exact) mass is 195 g/mol. The molecule has 2 rings (SSSR count). The molecule has 13 heavy (non-hydrogen) atoms. The van der Waals surface area contributed by atoms with Crippen LogP contribution in [-0.4, -0.2) is 0 Å². The van der Waals surface area contributed by atoms with E-state index in [1.807, 2.05) is 12.1 Å². The topological polar surface area (TPSA) is 26.0 Å². The molecule has 2 heteroatoms. The molecule has 0 saturated heterocycles. The Bertz CT molecular complexity index is 333. The highest BCUT2D eigenvalue weighted by atomic mass is 35.5. The van der Waals surface area contributed by atoms with Crippen molar-refractivity contribution in [3.8, 4) is 0 Å². The lowest BCUT2D eigenvalue weighted by Gasteiger charge is -2.24. The van der Waals surface area contributed by atoms with Crippen molar-refractivity contribution in [3.05, 3.63) is 33.8 Å². The molecule has 0 bridgehead atoms. The number of benzene rings is 1. The summed E-state index contributed by atoms with van der Waals surface area (Å²) in [5, 5.41) is 0.814. The summed E-state index contributed by atoms with van der Waals surface area (Å²) in [5.74, 6) is 0. The predicted octanol–water partition coefficient (Wildman–Crippen LogP) is 2.98. The van der Waals surface area contributed by atoms with Crippen LogP contribution in [0, 0.1) is 6.92 Å². The lowest BCUT2D eigenvalue weighted by atomic mass is 9.86. The van der Waals surface area contributed by atoms with E-state index in [2.05, 4.69) is 6.92 Å². The van der Waals surface area contributed by atoms with Gasteiger partial charge in [-0.15, -0.1) is 0 Å². The fourth-order valence-electron chi connectivity index (χ4n) is 2.13. The normalized spacial score (nSPS) is 21.3. The number of hydrogen-bond donors (Lipinski definition) is 1. The fourth-order valence-corrected chi connectivity index (χ4v) is 2.41. The van der Waals surface area contributed by atoms with Gasteiger partial charge in [-0.1, -0.05) is 11.6 Å². The van der Waals surface area contributed by atoms with Crippen molar-refractivity contribution < 1.29 is 0 Å². The minimum atomic E-state index is 0.196. The Morgan fingerprint density at radius 3 is 3.00 bits per heavy atom. The first kappa shape index (κ1) is 9.04. The van der Waals surface area contributed by atoms with Gasteiger partial charge < -0.3 is 5.73 Å². The van der Waals surface area contributed by atoms with Gasteiger partial charge in [0, 0.05) is 11.1 Å². The third-order valence-corrected chi connectivity index (χ3v) is 3.03. The summed E-state index contributed by atoms with van der Waals surface area (Å²) in [6.07, 6.45) is 3.45. The Hall–Kier alpha value is -0.530. The number of aryl methyl sites for hydroxylation is 1. The van der Waals surface area contributed by atoms with Crippen LogP contribution in [0.1, 0.15) is 35.6 Å². The van der Waals surface area contributed by atoms with Crippen molar-refractivity contribution in [2.24, 2.45) is 5.73 Å². The van der Waals surface area contributed by atoms with Crippen molar-refractivity contribution in [1.82, 2.24) is 0 Å². The second-order valence-corrected chi connectivity index (χ2v) is 4.23. The van der Waals surface area contributed by atoms with Crippen LogP contribution in [0.5, 0.6) is 0 Å². The molecule has 0 aromatic heterocycles. The fraction of sp³-hybridized carbons (Fsp3) is 0.455. The molecule has 1 aromatic rings. The summed E-state index contributed by atoms with van der Waals surface area (Å²) in [4.78, 5) is 0. The van der Waals surface area contributed by atoms with Gasteiger partial charge >= 0.3 is 0 Å². The molecule has 0 amide bonds. The van der Waals surface area contributed by atoms with Crippen molar-refractivity contribution in [3.63, 3.8) is 0 Å². The maximum absolute atomic E-state index is 6.03. The largest absolute Gasteiger partial charge is 0.324 e. The van der Waals surface area contributed by atoms with Gasteiger partial charge in [-0.3, -0.25) is 0 Å². The lowest BCUT2D eigenvalue weighted by molar-refractivity contribution is 0.568. The first-order valence-electron chi connectivity index (χ1n) is 4.73. The second-order valence-electron chi connectivity index (χ2n) is 3.79. The zero-order chi connectivity index (χ0) is 9.42. The number of halogens is 1. The molecule has 0 saturated carbocycles. The van der Waals surface area contributed by atoms with E-state index in [9.17, 15) is 0 Å². The Kier molecular flexibility index (Phi) is 2.31. The number of fused-ring (bicyclic) bond motifs is 1. The van der Waals surface area contributed by atoms with Gasteiger partial charge in [0.1, 0.15) is 0 Å². The van der Waals surface area contributed by atoms with Gasteiger partial charge in [0.05, 0.1) is 0 Å². The first-order chi connectivity index (χ1) is 6.18. The average molecular weight is 196 g/mol. The molecule has 0 fully saturated rings. The highest BCUT2D eigenvalue weighted by Gasteiger charge is 2.18. The van der Waals surface area contributed by atoms with Crippen molar-refractivity contribution >= 4 is 11.6 Å². The summed E-state index contributed by atoms with van der Waals surface area (Å²) < 4.78 is 0. The van der Waals surface area contributed by atoms with E-state index in [0.29, 0.717) is 0 Å². The van der Waals surface area contributed by atoms with E-state index in [4.69, 9.17) is 17.3 Å². The molecule has 0 radical (unpaired) electrons. The van der Waals surface area contributed by atoms with Crippen molar-refractivity contribution in [2.45, 2.75) is 32.2 Å². The molecule has 0 aliphatic heterocycles. The van der Waals surface area contributed by atoms with Gasteiger partial charge in [-0.2, -0.15) is 0 Å². The average Bonchev–Trinajstić information content (AvgIpc) is 2.07. The number of hydrogen-bond acceptors (Lipinski definition) is 1. The van der Waals surface area contributed by atoms with Crippen molar-refractivity contribution in [1.29, 1.82) is 0 Å². The van der Waals surface area contributed by atoms with Gasteiger partial charge in [0.2, 0.25) is 0 Å². The third-order valence-electron chi connectivity index (χ3n) is 2.81. The molecule has 0 heterocycles. The minimum Gasteiger partial charge on any atom is -0.324 e. The molecule has 1 aromatic carbocycles. The van der Waals surface area contributed by atoms with Crippen LogP contribution in [0.3, 0.4) is 0 Å². The Morgan fingerprint density at radius 2 is 2.23 bits per heavy atom. The maximum atomic E-state index is 6.03. The summed E-state index contributed by atoms with van der Waals surface area (Å²) >= 11 is 5.99. The van der Waals surface area contributed by atoms with Gasteiger partial charge in [-0.25, -0.2) is 0 Å². The standard InChI is InChI=1S/C11H14ClN/c1-7-5-8(12)6-10-9(7)3-2-4-11(10)13/h5-6,11H,2-4,13H2,1H3/t11-/m0/s1. The molecular weight excluding hydrogens is 182 g/mol. The smallest absolute Gasteiger partial charge is 0.0412 e. The first-order valence-corrected chi connectivity index (χ1v) is 5.11. The highest BCUT2D eigenvalue weighted by molar-refractivity contribution is 6.30. The quantitative estimate of drug-likeness (QED) is 0.677. The molecule has 1 nitrogen and oxygen atoms in total.